The first-order chi connectivity index (χ1) is 27.9. The number of carbonyl (C=O) groups excluding carboxylic acids is 2. The Hall–Kier alpha value is -6.43. The monoisotopic (exact) mass is 820 g/mol. The minimum absolute atomic E-state index is 0.102. The number of nitrogens with one attached hydrogen (secondary N) is 3. The van der Waals surface area contributed by atoms with Crippen LogP contribution in [0.1, 0.15) is 38.4 Å². The van der Waals surface area contributed by atoms with Crippen molar-refractivity contribution in [2.45, 2.75) is 30.3 Å². The van der Waals surface area contributed by atoms with Crippen molar-refractivity contribution in [1.29, 1.82) is 0 Å². The number of hydrogen-bond acceptors (Lipinski definition) is 13. The first kappa shape index (κ1) is 39.8. The second-order valence-corrected chi connectivity index (χ2v) is 16.6. The highest BCUT2D eigenvalue weighted by atomic mass is 32.2. The number of pyridine rings is 1. The van der Waals surface area contributed by atoms with Crippen LogP contribution < -0.4 is 25.0 Å². The molecular formula is C41H40N8O7S2. The summed E-state index contributed by atoms with van der Waals surface area (Å²) < 4.78 is 35.9. The maximum atomic E-state index is 13.5. The van der Waals surface area contributed by atoms with Crippen LogP contribution in [-0.4, -0.2) is 79.9 Å². The Morgan fingerprint density at radius 3 is 2.50 bits per heavy atom. The van der Waals surface area contributed by atoms with Crippen LogP contribution in [0.15, 0.2) is 114 Å². The van der Waals surface area contributed by atoms with Gasteiger partial charge in [-0.3, -0.25) is 25.0 Å². The third-order valence-corrected chi connectivity index (χ3v) is 11.8. The van der Waals surface area contributed by atoms with Gasteiger partial charge >= 0.3 is 0 Å². The topological polar surface area (TPSA) is 189 Å². The quantitative estimate of drug-likeness (QED) is 0.0771. The number of fused-ring (bicyclic) bond motifs is 2. The van der Waals surface area contributed by atoms with E-state index in [4.69, 9.17) is 4.74 Å². The molecule has 1 aliphatic heterocycles. The Kier molecular flexibility index (Phi) is 11.9. The van der Waals surface area contributed by atoms with E-state index in [0.717, 1.165) is 27.4 Å². The number of rotatable bonds is 15. The van der Waals surface area contributed by atoms with E-state index in [0.29, 0.717) is 54.7 Å². The number of nitrogens with zero attached hydrogens (tertiary/aromatic N) is 5. The minimum Gasteiger partial charge on any atom is -0.491 e. The fourth-order valence-electron chi connectivity index (χ4n) is 6.53. The molecule has 0 saturated carbocycles. The number of anilines is 3. The van der Waals surface area contributed by atoms with Crippen LogP contribution in [0.2, 0.25) is 0 Å². The van der Waals surface area contributed by atoms with Gasteiger partial charge in [-0.2, -0.15) is 0 Å². The SMILES string of the molecule is CN(C)CC[C@H](COc1ccccc1)Nc1ccc(S(=O)(=O)NC(=O)c2cccc(N3CCc4cccc(C(=O)Nc5nc6ccccc6s5)c4C3)n2)cc1[N+](=O)[O-]. The smallest absolute Gasteiger partial charge is 0.293 e. The van der Waals surface area contributed by atoms with Crippen molar-refractivity contribution in [3.8, 4) is 5.75 Å². The predicted molar refractivity (Wildman–Crippen MR) is 223 cm³/mol. The van der Waals surface area contributed by atoms with E-state index in [9.17, 15) is 28.1 Å². The Morgan fingerprint density at radius 2 is 1.72 bits per heavy atom. The average molecular weight is 821 g/mol. The molecule has 3 heterocycles. The third-order valence-electron chi connectivity index (χ3n) is 9.51. The highest BCUT2D eigenvalue weighted by Gasteiger charge is 2.27. The molecule has 17 heteroatoms. The van der Waals surface area contributed by atoms with E-state index in [1.54, 1.807) is 18.2 Å². The normalized spacial score (nSPS) is 13.1. The lowest BCUT2D eigenvalue weighted by Crippen LogP contribution is -2.34. The van der Waals surface area contributed by atoms with Crippen LogP contribution in [0, 0.1) is 10.1 Å². The molecule has 7 rings (SSSR count). The molecular weight excluding hydrogens is 781 g/mol. The Balaban J connectivity index is 1.04. The van der Waals surface area contributed by atoms with E-state index < -0.39 is 31.4 Å². The zero-order chi connectivity index (χ0) is 40.8. The standard InChI is InChI=1S/C41H40N8O7S2/c1-47(2)22-21-28(26-56-29-11-4-3-5-12-29)42-33-19-18-30(24-36(33)49(52)53)58(54,55)46-40(51)35-15-9-17-38(43-35)48-23-20-27-10-8-13-31(32(27)25-48)39(50)45-41-44-34-14-6-7-16-37(34)57-41/h3-19,24,28,42H,20-23,25-26H2,1-2H3,(H,46,51)(H,44,45,50)/t28-/m1/s1. The molecule has 0 fully saturated rings. The Labute approximate surface area is 338 Å². The molecule has 1 aliphatic rings. The number of para-hydroxylation sites is 2. The first-order valence-electron chi connectivity index (χ1n) is 18.4. The maximum absolute atomic E-state index is 13.5. The van der Waals surface area contributed by atoms with Gasteiger partial charge in [-0.05, 0) is 99.2 Å². The highest BCUT2D eigenvalue weighted by molar-refractivity contribution is 7.90. The Morgan fingerprint density at radius 1 is 0.948 bits per heavy atom. The number of hydrogen-bond donors (Lipinski definition) is 3. The minimum atomic E-state index is -4.57. The highest BCUT2D eigenvalue weighted by Crippen LogP contribution is 2.31. The van der Waals surface area contributed by atoms with Crippen molar-refractivity contribution >= 4 is 65.7 Å². The van der Waals surface area contributed by atoms with Crippen LogP contribution in [0.3, 0.4) is 0 Å². The summed E-state index contributed by atoms with van der Waals surface area (Å²) >= 11 is 1.39. The van der Waals surface area contributed by atoms with E-state index >= 15 is 0 Å². The fraction of sp³-hybridized carbons (Fsp3) is 0.220. The van der Waals surface area contributed by atoms with Gasteiger partial charge in [0.25, 0.3) is 27.5 Å². The number of benzene rings is 4. The zero-order valence-corrected chi connectivity index (χ0v) is 33.3. The maximum Gasteiger partial charge on any atom is 0.293 e. The molecule has 0 radical (unpaired) electrons. The van der Waals surface area contributed by atoms with Crippen LogP contribution in [0.25, 0.3) is 10.2 Å². The molecule has 0 saturated heterocycles. The molecule has 58 heavy (non-hydrogen) atoms. The van der Waals surface area contributed by atoms with Crippen molar-refractivity contribution in [1.82, 2.24) is 19.6 Å². The van der Waals surface area contributed by atoms with Crippen molar-refractivity contribution < 1.29 is 27.7 Å². The van der Waals surface area contributed by atoms with Crippen molar-refractivity contribution in [3.05, 3.63) is 142 Å². The van der Waals surface area contributed by atoms with Gasteiger partial charge in [-0.1, -0.05) is 59.9 Å². The van der Waals surface area contributed by atoms with Crippen LogP contribution in [-0.2, 0) is 23.0 Å². The molecule has 0 bridgehead atoms. The third kappa shape index (κ3) is 9.39. The summed E-state index contributed by atoms with van der Waals surface area (Å²) in [6.45, 7) is 1.70. The van der Waals surface area contributed by atoms with Crippen LogP contribution in [0.4, 0.5) is 22.3 Å². The summed E-state index contributed by atoms with van der Waals surface area (Å²) in [4.78, 5) is 50.9. The number of aromatic nitrogens is 2. The van der Waals surface area contributed by atoms with Gasteiger partial charge in [0.15, 0.2) is 5.13 Å². The van der Waals surface area contributed by atoms with Gasteiger partial charge < -0.3 is 19.9 Å². The number of thiazole rings is 1. The second kappa shape index (κ2) is 17.4. The number of nitro benzene ring substituents is 1. The molecule has 298 valence electrons. The van der Waals surface area contributed by atoms with Gasteiger partial charge in [-0.15, -0.1) is 0 Å². The molecule has 0 unspecified atom stereocenters. The lowest BCUT2D eigenvalue weighted by Gasteiger charge is -2.31. The second-order valence-electron chi connectivity index (χ2n) is 13.9. The molecule has 2 aromatic heterocycles. The van der Waals surface area contributed by atoms with Gasteiger partial charge in [0, 0.05) is 24.7 Å². The van der Waals surface area contributed by atoms with Crippen LogP contribution in [0.5, 0.6) is 5.75 Å². The van der Waals surface area contributed by atoms with E-state index in [-0.39, 0.29) is 29.9 Å². The number of sulfonamides is 1. The number of amides is 2. The van der Waals surface area contributed by atoms with Crippen molar-refractivity contribution in [3.63, 3.8) is 0 Å². The van der Waals surface area contributed by atoms with E-state index in [1.165, 1.54) is 29.5 Å². The summed E-state index contributed by atoms with van der Waals surface area (Å²) in [6.07, 6.45) is 1.18. The molecule has 2 amide bonds. The van der Waals surface area contributed by atoms with Crippen molar-refractivity contribution in [2.75, 3.05) is 49.3 Å². The molecule has 15 nitrogen and oxygen atoms in total. The van der Waals surface area contributed by atoms with Crippen molar-refractivity contribution in [2.24, 2.45) is 0 Å². The summed E-state index contributed by atoms with van der Waals surface area (Å²) in [6, 6.07) is 30.1. The van der Waals surface area contributed by atoms with Gasteiger partial charge in [-0.25, -0.2) is 23.1 Å². The average Bonchev–Trinajstić information content (AvgIpc) is 3.64. The number of nitro groups is 1. The molecule has 4 aromatic carbocycles. The van der Waals surface area contributed by atoms with E-state index in [1.807, 2.05) is 95.3 Å². The molecule has 1 atom stereocenters. The molecule has 0 spiro atoms. The largest absolute Gasteiger partial charge is 0.491 e. The summed E-state index contributed by atoms with van der Waals surface area (Å²) in [5.41, 5.74) is 2.54. The summed E-state index contributed by atoms with van der Waals surface area (Å²) in [7, 11) is -0.747. The fourth-order valence-corrected chi connectivity index (χ4v) is 8.38. The first-order valence-corrected chi connectivity index (χ1v) is 20.7. The summed E-state index contributed by atoms with van der Waals surface area (Å²) in [5.74, 6) is -0.262. The number of carbonyl (C=O) groups is 2. The number of ether oxygens (including phenoxy) is 1. The molecule has 3 N–H and O–H groups in total. The lowest BCUT2D eigenvalue weighted by molar-refractivity contribution is -0.384. The lowest BCUT2D eigenvalue weighted by atomic mass is 9.94. The van der Waals surface area contributed by atoms with Gasteiger partial charge in [0.2, 0.25) is 0 Å². The van der Waals surface area contributed by atoms with Gasteiger partial charge in [0.05, 0.1) is 26.1 Å². The van der Waals surface area contributed by atoms with Gasteiger partial charge in [0.1, 0.15) is 29.6 Å². The molecule has 6 aromatic rings. The molecule has 0 aliphatic carbocycles. The predicted octanol–water partition coefficient (Wildman–Crippen LogP) is 6.34. The van der Waals surface area contributed by atoms with Crippen LogP contribution >= 0.6 is 11.3 Å². The van der Waals surface area contributed by atoms with E-state index in [2.05, 4.69) is 20.6 Å². The Bertz CT molecular complexity index is 2550. The zero-order valence-electron chi connectivity index (χ0n) is 31.6. The summed E-state index contributed by atoms with van der Waals surface area (Å²) in [5, 5.41) is 18.8.